The Balaban J connectivity index is 1.70. The van der Waals surface area contributed by atoms with E-state index in [4.69, 9.17) is 0 Å². The van der Waals surface area contributed by atoms with Crippen LogP contribution in [0.5, 0.6) is 0 Å². The zero-order valence-corrected chi connectivity index (χ0v) is 15.5. The molecule has 2 aliphatic rings. The molecule has 1 fully saturated rings. The number of Topliss-reactive ketones (excluding diaryl/α,β-unsaturated/α-hetero) is 1. The third-order valence-corrected chi connectivity index (χ3v) is 5.15. The molecule has 1 aromatic carbocycles. The number of nitriles is 1. The molecule has 1 amide bonds. The molecular weight excluding hydrogens is 328 g/mol. The van der Waals surface area contributed by atoms with Gasteiger partial charge in [0.1, 0.15) is 17.5 Å². The Morgan fingerprint density at radius 3 is 2.27 bits per heavy atom. The lowest BCUT2D eigenvalue weighted by Gasteiger charge is -2.20. The van der Waals surface area contributed by atoms with Crippen molar-refractivity contribution in [2.45, 2.75) is 38.6 Å². The largest absolute Gasteiger partial charge is 0.353 e. The smallest absolute Gasteiger partial charge is 0.220 e. The Morgan fingerprint density at radius 2 is 1.77 bits per heavy atom. The zero-order valence-electron chi connectivity index (χ0n) is 15.5. The van der Waals surface area contributed by atoms with Crippen LogP contribution in [0.3, 0.4) is 0 Å². The second-order valence-corrected chi connectivity index (χ2v) is 7.03. The third kappa shape index (κ3) is 3.43. The van der Waals surface area contributed by atoms with Gasteiger partial charge in [-0.25, -0.2) is 0 Å². The Labute approximate surface area is 154 Å². The first-order chi connectivity index (χ1) is 12.4. The highest BCUT2D eigenvalue weighted by atomic mass is 16.2. The lowest BCUT2D eigenvalue weighted by atomic mass is 10.1. The molecule has 0 unspecified atom stereocenters. The minimum Gasteiger partial charge on any atom is -0.353 e. The van der Waals surface area contributed by atoms with Crippen molar-refractivity contribution in [2.75, 3.05) is 23.9 Å². The van der Waals surface area contributed by atoms with Crippen LogP contribution in [-0.4, -0.2) is 31.8 Å². The van der Waals surface area contributed by atoms with Crippen LogP contribution in [0.4, 0.5) is 11.4 Å². The van der Waals surface area contributed by atoms with Crippen LogP contribution >= 0.6 is 0 Å². The molecule has 1 aromatic rings. The van der Waals surface area contributed by atoms with E-state index in [2.05, 4.69) is 5.32 Å². The summed E-state index contributed by atoms with van der Waals surface area (Å²) in [5.74, 6) is 0.705. The first-order valence-corrected chi connectivity index (χ1v) is 8.97. The van der Waals surface area contributed by atoms with Gasteiger partial charge >= 0.3 is 0 Å². The fourth-order valence-corrected chi connectivity index (χ4v) is 3.45. The highest BCUT2D eigenvalue weighted by Gasteiger charge is 2.32. The fourth-order valence-electron chi connectivity index (χ4n) is 3.45. The zero-order chi connectivity index (χ0) is 18.8. The minimum atomic E-state index is -0.303. The number of hydrogen-bond donors (Lipinski definition) is 1. The number of fused-ring (bicyclic) bond motifs is 1. The van der Waals surface area contributed by atoms with Gasteiger partial charge in [-0.3, -0.25) is 9.59 Å². The summed E-state index contributed by atoms with van der Waals surface area (Å²) in [4.78, 5) is 28.4. The van der Waals surface area contributed by atoms with Crippen molar-refractivity contribution in [2.24, 2.45) is 5.92 Å². The quantitative estimate of drug-likeness (QED) is 0.629. The number of nitrogens with zero attached hydrogens (tertiary/aromatic N) is 3. The van der Waals surface area contributed by atoms with Gasteiger partial charge in [0.2, 0.25) is 5.91 Å². The van der Waals surface area contributed by atoms with Gasteiger partial charge in [-0.2, -0.15) is 5.26 Å². The van der Waals surface area contributed by atoms with Crippen molar-refractivity contribution in [3.63, 3.8) is 0 Å². The molecule has 0 saturated heterocycles. The van der Waals surface area contributed by atoms with Crippen molar-refractivity contribution < 1.29 is 9.59 Å². The number of amides is 1. The Kier molecular flexibility index (Phi) is 4.99. The molecule has 1 atom stereocenters. The molecule has 136 valence electrons. The van der Waals surface area contributed by atoms with Crippen molar-refractivity contribution >= 4 is 23.1 Å². The predicted octanol–water partition coefficient (Wildman–Crippen LogP) is 2.57. The Bertz CT molecular complexity index is 773. The van der Waals surface area contributed by atoms with Crippen LogP contribution in [0.1, 0.15) is 32.6 Å². The van der Waals surface area contributed by atoms with E-state index in [1.54, 1.807) is 0 Å². The van der Waals surface area contributed by atoms with E-state index in [0.29, 0.717) is 11.7 Å². The summed E-state index contributed by atoms with van der Waals surface area (Å²) in [5.41, 5.74) is 1.98. The molecule has 1 heterocycles. The molecule has 1 saturated carbocycles. The molecule has 6 nitrogen and oxygen atoms in total. The van der Waals surface area contributed by atoms with Crippen LogP contribution in [0.2, 0.25) is 0 Å². The Morgan fingerprint density at radius 1 is 1.19 bits per heavy atom. The second kappa shape index (κ2) is 7.20. The van der Waals surface area contributed by atoms with Gasteiger partial charge in [0, 0.05) is 33.0 Å². The summed E-state index contributed by atoms with van der Waals surface area (Å²) >= 11 is 0. The number of carbonyl (C=O) groups is 2. The highest BCUT2D eigenvalue weighted by molar-refractivity contribution is 6.03. The molecule has 0 spiro atoms. The summed E-state index contributed by atoms with van der Waals surface area (Å²) < 4.78 is 0. The molecule has 3 rings (SSSR count). The van der Waals surface area contributed by atoms with Crippen molar-refractivity contribution in [3.05, 3.63) is 35.7 Å². The monoisotopic (exact) mass is 352 g/mol. The molecule has 6 heteroatoms. The highest BCUT2D eigenvalue weighted by Crippen LogP contribution is 2.40. The average Bonchev–Trinajstić information content (AvgIpc) is 3.45. The number of nitrogens with one attached hydrogen (secondary N) is 1. The number of para-hydroxylation sites is 2. The van der Waals surface area contributed by atoms with E-state index >= 15 is 0 Å². The fraction of sp³-hybridized carbons (Fsp3) is 0.450. The topological polar surface area (TPSA) is 76.4 Å². The molecular formula is C20H24N4O2. The third-order valence-electron chi connectivity index (χ3n) is 5.15. The maximum absolute atomic E-state index is 12.6. The van der Waals surface area contributed by atoms with Gasteiger partial charge in [0.25, 0.3) is 0 Å². The van der Waals surface area contributed by atoms with Crippen LogP contribution in [0, 0.1) is 17.2 Å². The lowest BCUT2D eigenvalue weighted by Crippen LogP contribution is -2.34. The molecule has 26 heavy (non-hydrogen) atoms. The van der Waals surface area contributed by atoms with Gasteiger partial charge in [-0.15, -0.1) is 0 Å². The molecule has 1 aliphatic heterocycles. The summed E-state index contributed by atoms with van der Waals surface area (Å²) in [6, 6.07) is 9.95. The van der Waals surface area contributed by atoms with E-state index < -0.39 is 0 Å². The van der Waals surface area contributed by atoms with Crippen molar-refractivity contribution in [3.8, 4) is 6.07 Å². The molecule has 0 aromatic heterocycles. The number of benzene rings is 1. The van der Waals surface area contributed by atoms with Crippen LogP contribution in [0.15, 0.2) is 35.7 Å². The first-order valence-electron chi connectivity index (χ1n) is 8.97. The summed E-state index contributed by atoms with van der Waals surface area (Å²) in [6.07, 6.45) is 2.46. The standard InChI is InChI=1S/C20H24N4O2/c1-13(14-8-9-14)22-19(26)11-10-18(25)15(12-21)20-23(2)16-6-4-5-7-17(16)24(20)3/h4-7,13-14H,8-11H2,1-3H3,(H,22,26)/t13-/m0/s1. The molecule has 0 radical (unpaired) electrons. The van der Waals surface area contributed by atoms with E-state index in [-0.39, 0.29) is 36.1 Å². The first kappa shape index (κ1) is 18.0. The van der Waals surface area contributed by atoms with Gasteiger partial charge < -0.3 is 15.1 Å². The van der Waals surface area contributed by atoms with E-state index in [0.717, 1.165) is 24.2 Å². The van der Waals surface area contributed by atoms with Gasteiger partial charge in [0.15, 0.2) is 5.78 Å². The van der Waals surface area contributed by atoms with Gasteiger partial charge in [-0.1, -0.05) is 12.1 Å². The summed E-state index contributed by atoms with van der Waals surface area (Å²) in [7, 11) is 3.68. The molecule has 0 bridgehead atoms. The second-order valence-electron chi connectivity index (χ2n) is 7.03. The van der Waals surface area contributed by atoms with Crippen molar-refractivity contribution in [1.82, 2.24) is 5.32 Å². The van der Waals surface area contributed by atoms with E-state index in [1.807, 2.05) is 61.2 Å². The summed E-state index contributed by atoms with van der Waals surface area (Å²) in [6.45, 7) is 2.00. The van der Waals surface area contributed by atoms with Crippen molar-refractivity contribution in [1.29, 1.82) is 5.26 Å². The number of ketones is 1. The number of rotatable bonds is 6. The maximum Gasteiger partial charge on any atom is 0.220 e. The Hall–Kier alpha value is -2.81. The van der Waals surface area contributed by atoms with Crippen LogP contribution < -0.4 is 15.1 Å². The normalized spacial score (nSPS) is 16.8. The van der Waals surface area contributed by atoms with E-state index in [1.165, 1.54) is 0 Å². The maximum atomic E-state index is 12.6. The minimum absolute atomic E-state index is 0.0354. The van der Waals surface area contributed by atoms with Gasteiger partial charge in [0.05, 0.1) is 11.4 Å². The number of carbonyl (C=O) groups excluding carboxylic acids is 2. The number of hydrogen-bond acceptors (Lipinski definition) is 5. The lowest BCUT2D eigenvalue weighted by molar-refractivity contribution is -0.124. The molecule has 1 aliphatic carbocycles. The van der Waals surface area contributed by atoms with Crippen LogP contribution in [-0.2, 0) is 9.59 Å². The van der Waals surface area contributed by atoms with E-state index in [9.17, 15) is 14.9 Å². The van der Waals surface area contributed by atoms with Gasteiger partial charge in [-0.05, 0) is 37.8 Å². The summed E-state index contributed by atoms with van der Waals surface area (Å²) in [5, 5.41) is 12.5. The predicted molar refractivity (Wildman–Crippen MR) is 100 cm³/mol. The number of allylic oxidation sites excluding steroid dienone is 1. The average molecular weight is 352 g/mol. The number of anilines is 2. The SMILES string of the molecule is C[C@H](NC(=O)CCC(=O)C(C#N)=C1N(C)c2ccccc2N1C)C1CC1. The molecule has 1 N–H and O–H groups in total. The van der Waals surface area contributed by atoms with Crippen LogP contribution in [0.25, 0.3) is 0 Å².